The summed E-state index contributed by atoms with van der Waals surface area (Å²) in [6.45, 7) is 1.97. The van der Waals surface area contributed by atoms with Gasteiger partial charge in [-0.2, -0.15) is 0 Å². The Morgan fingerprint density at radius 2 is 2.17 bits per heavy atom. The molecule has 0 saturated carbocycles. The fourth-order valence-corrected chi connectivity index (χ4v) is 1.69. The van der Waals surface area contributed by atoms with E-state index >= 15 is 0 Å². The molecule has 0 N–H and O–H groups in total. The number of hydrogen-bond acceptors (Lipinski definition) is 1. The van der Waals surface area contributed by atoms with Crippen LogP contribution in [0.2, 0.25) is 0 Å². The summed E-state index contributed by atoms with van der Waals surface area (Å²) >= 11 is 6.47. The van der Waals surface area contributed by atoms with Crippen molar-refractivity contribution in [1.82, 2.24) is 0 Å². The number of halogens is 2. The summed E-state index contributed by atoms with van der Waals surface area (Å²) in [6, 6.07) is 5.74. The van der Waals surface area contributed by atoms with Crippen LogP contribution in [0, 0.1) is 6.92 Å². The van der Waals surface area contributed by atoms with Gasteiger partial charge in [0, 0.05) is 10.0 Å². The molecule has 0 bridgehead atoms. The second-order valence-electron chi connectivity index (χ2n) is 2.54. The maximum atomic E-state index is 11.3. The minimum atomic E-state index is 0.102. The third-order valence-corrected chi connectivity index (χ3v) is 2.74. The Morgan fingerprint density at radius 1 is 1.50 bits per heavy atom. The van der Waals surface area contributed by atoms with Crippen LogP contribution in [0.5, 0.6) is 0 Å². The van der Waals surface area contributed by atoms with Gasteiger partial charge in [0.05, 0.1) is 5.33 Å². The first kappa shape index (κ1) is 9.93. The third kappa shape index (κ3) is 2.17. The third-order valence-electron chi connectivity index (χ3n) is 1.54. The number of hydrogen-bond donors (Lipinski definition) is 0. The zero-order valence-electron chi connectivity index (χ0n) is 6.60. The second-order valence-corrected chi connectivity index (χ2v) is 3.96. The van der Waals surface area contributed by atoms with Crippen molar-refractivity contribution in [3.05, 3.63) is 33.8 Å². The molecule has 1 rings (SSSR count). The van der Waals surface area contributed by atoms with Crippen LogP contribution in [0.1, 0.15) is 15.9 Å². The summed E-state index contributed by atoms with van der Waals surface area (Å²) in [7, 11) is 0. The number of benzene rings is 1. The van der Waals surface area contributed by atoms with Gasteiger partial charge in [0.15, 0.2) is 5.78 Å². The molecule has 0 heterocycles. The van der Waals surface area contributed by atoms with Crippen molar-refractivity contribution in [2.45, 2.75) is 6.92 Å². The average Bonchev–Trinajstić information content (AvgIpc) is 2.08. The van der Waals surface area contributed by atoms with Crippen molar-refractivity contribution in [3.8, 4) is 0 Å². The molecule has 0 saturated heterocycles. The summed E-state index contributed by atoms with van der Waals surface area (Å²) in [4.78, 5) is 11.3. The van der Waals surface area contributed by atoms with Gasteiger partial charge in [-0.15, -0.1) is 0 Å². The van der Waals surface area contributed by atoms with E-state index in [9.17, 15) is 4.79 Å². The molecule has 12 heavy (non-hydrogen) atoms. The highest BCUT2D eigenvalue weighted by atomic mass is 79.9. The average molecular weight is 292 g/mol. The number of Topliss-reactive ketones (excluding diaryl/α,β-unsaturated/α-hetero) is 1. The number of alkyl halides is 1. The number of ketones is 1. The molecule has 0 aliphatic carbocycles. The van der Waals surface area contributed by atoms with Crippen LogP contribution in [0.3, 0.4) is 0 Å². The van der Waals surface area contributed by atoms with Crippen molar-refractivity contribution in [1.29, 1.82) is 0 Å². The summed E-state index contributed by atoms with van der Waals surface area (Å²) < 4.78 is 0.859. The first-order valence-corrected chi connectivity index (χ1v) is 5.42. The highest BCUT2D eigenvalue weighted by molar-refractivity contribution is 9.10. The van der Waals surface area contributed by atoms with Crippen LogP contribution in [-0.2, 0) is 0 Å². The topological polar surface area (TPSA) is 17.1 Å². The highest BCUT2D eigenvalue weighted by Gasteiger charge is 2.07. The molecule has 0 amide bonds. The minimum Gasteiger partial charge on any atom is -0.293 e. The summed E-state index contributed by atoms with van der Waals surface area (Å²) in [6.07, 6.45) is 0. The number of carbonyl (C=O) groups is 1. The number of aryl methyl sites for hydroxylation is 1. The Hall–Kier alpha value is -0.150. The van der Waals surface area contributed by atoms with E-state index in [0.29, 0.717) is 5.33 Å². The molecule has 0 atom stereocenters. The van der Waals surface area contributed by atoms with E-state index in [-0.39, 0.29) is 5.78 Å². The quantitative estimate of drug-likeness (QED) is 0.603. The predicted octanol–water partition coefficient (Wildman–Crippen LogP) is 3.34. The second kappa shape index (κ2) is 4.19. The standard InChI is InChI=1S/C9H8Br2O/c1-6-2-3-8(11)7(4-6)9(12)5-10/h2-4H,5H2,1H3. The Kier molecular flexibility index (Phi) is 3.47. The maximum absolute atomic E-state index is 11.3. The lowest BCUT2D eigenvalue weighted by molar-refractivity contribution is 0.102. The smallest absolute Gasteiger partial charge is 0.174 e. The molecule has 0 radical (unpaired) electrons. The van der Waals surface area contributed by atoms with Crippen molar-refractivity contribution < 1.29 is 4.79 Å². The molecule has 0 aliphatic heterocycles. The van der Waals surface area contributed by atoms with Crippen LogP contribution in [-0.4, -0.2) is 11.1 Å². The fraction of sp³-hybridized carbons (Fsp3) is 0.222. The van der Waals surface area contributed by atoms with Gasteiger partial charge in [-0.25, -0.2) is 0 Å². The van der Waals surface area contributed by atoms with Gasteiger partial charge in [-0.05, 0) is 19.1 Å². The molecule has 0 spiro atoms. The number of rotatable bonds is 2. The van der Waals surface area contributed by atoms with Gasteiger partial charge in [0.25, 0.3) is 0 Å². The van der Waals surface area contributed by atoms with E-state index in [1.54, 1.807) is 0 Å². The van der Waals surface area contributed by atoms with Crippen molar-refractivity contribution >= 4 is 37.6 Å². The number of carbonyl (C=O) groups excluding carboxylic acids is 1. The van der Waals surface area contributed by atoms with Gasteiger partial charge in [-0.3, -0.25) is 4.79 Å². The minimum absolute atomic E-state index is 0.102. The highest BCUT2D eigenvalue weighted by Crippen LogP contribution is 2.19. The zero-order valence-corrected chi connectivity index (χ0v) is 9.78. The van der Waals surface area contributed by atoms with Crippen molar-refractivity contribution in [2.24, 2.45) is 0 Å². The van der Waals surface area contributed by atoms with E-state index in [1.807, 2.05) is 25.1 Å². The lowest BCUT2D eigenvalue weighted by atomic mass is 10.1. The van der Waals surface area contributed by atoms with Gasteiger partial charge in [0.1, 0.15) is 0 Å². The molecule has 0 aliphatic rings. The van der Waals surface area contributed by atoms with Crippen LogP contribution < -0.4 is 0 Å². The molecule has 1 nitrogen and oxygen atoms in total. The van der Waals surface area contributed by atoms with Crippen LogP contribution in [0.25, 0.3) is 0 Å². The largest absolute Gasteiger partial charge is 0.293 e. The van der Waals surface area contributed by atoms with Crippen LogP contribution in [0.4, 0.5) is 0 Å². The Balaban J connectivity index is 3.13. The van der Waals surface area contributed by atoms with E-state index in [4.69, 9.17) is 0 Å². The van der Waals surface area contributed by atoms with Crippen LogP contribution >= 0.6 is 31.9 Å². The Bertz CT molecular complexity index is 307. The molecule has 64 valence electrons. The van der Waals surface area contributed by atoms with Gasteiger partial charge in [-0.1, -0.05) is 43.5 Å². The molecular weight excluding hydrogens is 284 g/mol. The molecule has 1 aromatic rings. The first-order chi connectivity index (χ1) is 5.65. The SMILES string of the molecule is Cc1ccc(Br)c(C(=O)CBr)c1. The van der Waals surface area contributed by atoms with Gasteiger partial charge >= 0.3 is 0 Å². The van der Waals surface area contributed by atoms with Crippen molar-refractivity contribution in [3.63, 3.8) is 0 Å². The van der Waals surface area contributed by atoms with Gasteiger partial charge < -0.3 is 0 Å². The first-order valence-electron chi connectivity index (χ1n) is 3.50. The zero-order chi connectivity index (χ0) is 9.14. The lowest BCUT2D eigenvalue weighted by Crippen LogP contribution is -2.01. The molecule has 0 aromatic heterocycles. The molecule has 0 unspecified atom stereocenters. The van der Waals surface area contributed by atoms with E-state index in [0.717, 1.165) is 15.6 Å². The van der Waals surface area contributed by atoms with E-state index in [1.165, 1.54) is 0 Å². The lowest BCUT2D eigenvalue weighted by Gasteiger charge is -2.01. The fourth-order valence-electron chi connectivity index (χ4n) is 0.925. The van der Waals surface area contributed by atoms with E-state index in [2.05, 4.69) is 31.9 Å². The van der Waals surface area contributed by atoms with Crippen molar-refractivity contribution in [2.75, 3.05) is 5.33 Å². The molecule has 3 heteroatoms. The van der Waals surface area contributed by atoms with Crippen LogP contribution in [0.15, 0.2) is 22.7 Å². The molecular formula is C9H8Br2O. The monoisotopic (exact) mass is 290 g/mol. The Labute approximate surface area is 88.4 Å². The van der Waals surface area contributed by atoms with E-state index < -0.39 is 0 Å². The maximum Gasteiger partial charge on any atom is 0.174 e. The summed E-state index contributed by atoms with van der Waals surface area (Å²) in [5.74, 6) is 0.102. The predicted molar refractivity (Wildman–Crippen MR) is 57.0 cm³/mol. The molecule has 0 fully saturated rings. The summed E-state index contributed by atoms with van der Waals surface area (Å²) in [5.41, 5.74) is 1.84. The van der Waals surface area contributed by atoms with Gasteiger partial charge in [0.2, 0.25) is 0 Å². The Morgan fingerprint density at radius 3 is 2.75 bits per heavy atom. The molecule has 1 aromatic carbocycles. The summed E-state index contributed by atoms with van der Waals surface area (Å²) in [5, 5.41) is 0.370. The normalized spacial score (nSPS) is 9.92.